The fraction of sp³-hybridized carbons (Fsp3) is 0.370. The normalized spacial score (nSPS) is 14.9. The number of nitrogens with zero attached hydrogens (tertiary/aromatic N) is 3. The maximum Gasteiger partial charge on any atom is 0.338 e. The summed E-state index contributed by atoms with van der Waals surface area (Å²) in [5.41, 5.74) is 4.50. The molecule has 0 saturated heterocycles. The molecule has 0 fully saturated rings. The second-order valence-electron chi connectivity index (χ2n) is 8.56. The second kappa shape index (κ2) is 11.4. The predicted molar refractivity (Wildman–Crippen MR) is 139 cm³/mol. The van der Waals surface area contributed by atoms with Gasteiger partial charge in [-0.15, -0.1) is 5.10 Å². The Hall–Kier alpha value is -3.26. The highest BCUT2D eigenvalue weighted by Crippen LogP contribution is 2.37. The van der Waals surface area contributed by atoms with E-state index in [4.69, 9.17) is 14.6 Å². The maximum absolute atomic E-state index is 13.1. The third-order valence-corrected chi connectivity index (χ3v) is 6.65. The van der Waals surface area contributed by atoms with Gasteiger partial charge in [0.05, 0.1) is 12.2 Å². The molecule has 8 heteroatoms. The van der Waals surface area contributed by atoms with E-state index >= 15 is 0 Å². The SMILES string of the molecule is CCCOC(=O)C1=C(C)Nc2nc(SCCC)nn2C1c1ccc(OCc2cccc(C)c2)cc1. The monoisotopic (exact) mass is 492 g/mol. The van der Waals surface area contributed by atoms with Crippen LogP contribution in [0.3, 0.4) is 0 Å². The maximum atomic E-state index is 13.1. The lowest BCUT2D eigenvalue weighted by atomic mass is 9.96. The van der Waals surface area contributed by atoms with Crippen LogP contribution >= 0.6 is 11.8 Å². The summed E-state index contributed by atoms with van der Waals surface area (Å²) in [5, 5.41) is 8.67. The van der Waals surface area contributed by atoms with E-state index in [1.54, 1.807) is 16.4 Å². The molecule has 0 spiro atoms. The molecule has 7 nitrogen and oxygen atoms in total. The van der Waals surface area contributed by atoms with Gasteiger partial charge in [0.15, 0.2) is 0 Å². The minimum absolute atomic E-state index is 0.342. The van der Waals surface area contributed by atoms with Crippen molar-refractivity contribution in [2.75, 3.05) is 17.7 Å². The summed E-state index contributed by atoms with van der Waals surface area (Å²) in [5.74, 6) is 1.97. The molecule has 35 heavy (non-hydrogen) atoms. The summed E-state index contributed by atoms with van der Waals surface area (Å²) >= 11 is 1.61. The van der Waals surface area contributed by atoms with Crippen LogP contribution in [0.2, 0.25) is 0 Å². The number of hydrogen-bond donors (Lipinski definition) is 1. The van der Waals surface area contributed by atoms with E-state index < -0.39 is 6.04 Å². The Kier molecular flexibility index (Phi) is 8.13. The van der Waals surface area contributed by atoms with Crippen LogP contribution in [-0.2, 0) is 16.1 Å². The molecule has 1 aliphatic heterocycles. The first-order chi connectivity index (χ1) is 17.0. The highest BCUT2D eigenvalue weighted by molar-refractivity contribution is 7.99. The number of aromatic nitrogens is 3. The van der Waals surface area contributed by atoms with E-state index in [9.17, 15) is 4.79 Å². The number of benzene rings is 2. The van der Waals surface area contributed by atoms with Crippen LogP contribution in [0, 0.1) is 6.92 Å². The molecule has 0 bridgehead atoms. The average Bonchev–Trinajstić information content (AvgIpc) is 3.26. The number of thioether (sulfide) groups is 1. The molecule has 1 unspecified atom stereocenters. The van der Waals surface area contributed by atoms with Gasteiger partial charge in [-0.05, 0) is 49.9 Å². The average molecular weight is 493 g/mol. The number of carbonyl (C=O) groups is 1. The van der Waals surface area contributed by atoms with Crippen LogP contribution in [0.1, 0.15) is 56.3 Å². The van der Waals surface area contributed by atoms with E-state index in [-0.39, 0.29) is 5.97 Å². The van der Waals surface area contributed by atoms with Gasteiger partial charge in [0, 0.05) is 11.4 Å². The molecule has 4 rings (SSSR count). The van der Waals surface area contributed by atoms with Crippen LogP contribution in [0.4, 0.5) is 5.95 Å². The number of carbonyl (C=O) groups excluding carboxylic acids is 1. The smallest absolute Gasteiger partial charge is 0.338 e. The molecule has 0 aliphatic carbocycles. The minimum Gasteiger partial charge on any atom is -0.489 e. The van der Waals surface area contributed by atoms with E-state index in [1.807, 2.05) is 44.2 Å². The number of hydrogen-bond acceptors (Lipinski definition) is 7. The Labute approximate surface area is 210 Å². The molecule has 184 valence electrons. The van der Waals surface area contributed by atoms with E-state index in [0.717, 1.165) is 41.2 Å². The first-order valence-electron chi connectivity index (χ1n) is 12.0. The van der Waals surface area contributed by atoms with Crippen molar-refractivity contribution in [1.29, 1.82) is 0 Å². The molecule has 0 amide bonds. The lowest BCUT2D eigenvalue weighted by molar-refractivity contribution is -0.139. The highest BCUT2D eigenvalue weighted by Gasteiger charge is 2.35. The van der Waals surface area contributed by atoms with Crippen molar-refractivity contribution in [1.82, 2.24) is 14.8 Å². The predicted octanol–water partition coefficient (Wildman–Crippen LogP) is 5.91. The van der Waals surface area contributed by atoms with Gasteiger partial charge >= 0.3 is 5.97 Å². The number of nitrogens with one attached hydrogen (secondary N) is 1. The van der Waals surface area contributed by atoms with Gasteiger partial charge in [0.2, 0.25) is 11.1 Å². The number of aryl methyl sites for hydroxylation is 1. The van der Waals surface area contributed by atoms with Crippen LogP contribution < -0.4 is 10.1 Å². The summed E-state index contributed by atoms with van der Waals surface area (Å²) in [4.78, 5) is 17.7. The van der Waals surface area contributed by atoms with Gasteiger partial charge < -0.3 is 14.8 Å². The van der Waals surface area contributed by atoms with Gasteiger partial charge in [0.1, 0.15) is 18.4 Å². The summed E-state index contributed by atoms with van der Waals surface area (Å²) < 4.78 is 13.3. The molecule has 0 radical (unpaired) electrons. The van der Waals surface area contributed by atoms with Crippen LogP contribution in [0.25, 0.3) is 0 Å². The van der Waals surface area contributed by atoms with Crippen LogP contribution in [0.5, 0.6) is 5.75 Å². The molecule has 1 aromatic heterocycles. The Morgan fingerprint density at radius 2 is 1.91 bits per heavy atom. The zero-order chi connectivity index (χ0) is 24.8. The lowest BCUT2D eigenvalue weighted by Crippen LogP contribution is -2.29. The van der Waals surface area contributed by atoms with Crippen molar-refractivity contribution in [2.24, 2.45) is 0 Å². The molecular weight excluding hydrogens is 460 g/mol. The summed E-state index contributed by atoms with van der Waals surface area (Å²) in [6, 6.07) is 15.7. The summed E-state index contributed by atoms with van der Waals surface area (Å²) in [7, 11) is 0. The molecule has 3 aromatic rings. The van der Waals surface area contributed by atoms with Gasteiger partial charge in [-0.25, -0.2) is 9.48 Å². The Balaban J connectivity index is 1.62. The number of fused-ring (bicyclic) bond motifs is 1. The first-order valence-corrected chi connectivity index (χ1v) is 13.0. The molecule has 1 N–H and O–H groups in total. The van der Waals surface area contributed by atoms with Crippen LogP contribution in [-0.4, -0.2) is 33.1 Å². The number of anilines is 1. The van der Waals surface area contributed by atoms with E-state index in [2.05, 4.69) is 42.3 Å². The summed E-state index contributed by atoms with van der Waals surface area (Å²) in [6.07, 6.45) is 1.79. The summed E-state index contributed by atoms with van der Waals surface area (Å²) in [6.45, 7) is 8.92. The topological polar surface area (TPSA) is 78.3 Å². The first kappa shape index (κ1) is 24.9. The third-order valence-electron chi connectivity index (χ3n) is 5.61. The number of allylic oxidation sites excluding steroid dienone is 1. The van der Waals surface area contributed by atoms with Gasteiger partial charge in [0.25, 0.3) is 0 Å². The largest absolute Gasteiger partial charge is 0.489 e. The van der Waals surface area contributed by atoms with Crippen molar-refractivity contribution in [2.45, 2.75) is 58.3 Å². The Bertz CT molecular complexity index is 1200. The van der Waals surface area contributed by atoms with E-state index in [1.165, 1.54) is 5.56 Å². The van der Waals surface area contributed by atoms with Crippen molar-refractivity contribution >= 4 is 23.7 Å². The van der Waals surface area contributed by atoms with E-state index in [0.29, 0.717) is 29.9 Å². The zero-order valence-electron chi connectivity index (χ0n) is 20.7. The number of rotatable bonds is 10. The molecule has 0 saturated carbocycles. The number of esters is 1. The van der Waals surface area contributed by atoms with Gasteiger partial charge in [-0.3, -0.25) is 0 Å². The van der Waals surface area contributed by atoms with Crippen molar-refractivity contribution in [3.8, 4) is 5.75 Å². The molecular formula is C27H32N4O3S. The Morgan fingerprint density at radius 1 is 1.11 bits per heavy atom. The zero-order valence-corrected chi connectivity index (χ0v) is 21.5. The molecule has 1 aliphatic rings. The molecule has 1 atom stereocenters. The van der Waals surface area contributed by atoms with Crippen molar-refractivity contribution < 1.29 is 14.3 Å². The second-order valence-corrected chi connectivity index (χ2v) is 9.62. The molecule has 2 heterocycles. The highest BCUT2D eigenvalue weighted by atomic mass is 32.2. The quantitative estimate of drug-likeness (QED) is 0.278. The minimum atomic E-state index is -0.440. The standard InChI is InChI=1S/C27H32N4O3S/c1-5-14-33-25(32)23-19(4)28-26-29-27(35-15-6-2)30-31(26)24(23)21-10-12-22(13-11-21)34-17-20-9-7-8-18(3)16-20/h7-13,16,24H,5-6,14-15,17H2,1-4H3,(H,28,29,30). The van der Waals surface area contributed by atoms with Gasteiger partial charge in [-0.1, -0.05) is 67.6 Å². The lowest BCUT2D eigenvalue weighted by Gasteiger charge is -2.28. The van der Waals surface area contributed by atoms with Crippen LogP contribution in [0.15, 0.2) is 65.0 Å². The fourth-order valence-electron chi connectivity index (χ4n) is 3.95. The van der Waals surface area contributed by atoms with Crippen molar-refractivity contribution in [3.63, 3.8) is 0 Å². The molecule has 2 aromatic carbocycles. The Morgan fingerprint density at radius 3 is 2.63 bits per heavy atom. The fourth-order valence-corrected chi connectivity index (χ4v) is 4.63. The van der Waals surface area contributed by atoms with Gasteiger partial charge in [-0.2, -0.15) is 4.98 Å². The number of ether oxygens (including phenoxy) is 2. The van der Waals surface area contributed by atoms with Crippen molar-refractivity contribution in [3.05, 3.63) is 76.5 Å². The third kappa shape index (κ3) is 5.88.